The highest BCUT2D eigenvalue weighted by Crippen LogP contribution is 2.34. The second kappa shape index (κ2) is 5.88. The number of halogens is 2. The zero-order valence-electron chi connectivity index (χ0n) is 10.3. The average molecular weight is 260 g/mol. The van der Waals surface area contributed by atoms with Gasteiger partial charge in [-0.3, -0.25) is 0 Å². The molecule has 0 fully saturated rings. The van der Waals surface area contributed by atoms with Crippen molar-refractivity contribution in [2.75, 3.05) is 21.3 Å². The van der Waals surface area contributed by atoms with E-state index in [4.69, 9.17) is 4.74 Å². The molecule has 0 aliphatic heterocycles. The minimum absolute atomic E-state index is 0.206. The molecule has 1 unspecified atom stereocenters. The van der Waals surface area contributed by atoms with Crippen LogP contribution in [0.15, 0.2) is 24.3 Å². The average Bonchev–Trinajstić information content (AvgIpc) is 2.39. The number of hydrogen-bond acceptors (Lipinski definition) is 4. The Morgan fingerprint density at radius 1 is 1.17 bits per heavy atom. The smallest absolute Gasteiger partial charge is 0.385 e. The summed E-state index contributed by atoms with van der Waals surface area (Å²) in [7, 11) is 3.30. The van der Waals surface area contributed by atoms with E-state index < -0.39 is 18.2 Å². The highest BCUT2D eigenvalue weighted by atomic mass is 19.3. The molecule has 0 N–H and O–H groups in total. The normalized spacial score (nSPS) is 13.2. The Balaban J connectivity index is 2.99. The van der Waals surface area contributed by atoms with E-state index in [1.165, 1.54) is 31.4 Å². The number of ether oxygens (including phenoxy) is 3. The second-order valence-corrected chi connectivity index (χ2v) is 3.50. The van der Waals surface area contributed by atoms with Gasteiger partial charge in [0.2, 0.25) is 0 Å². The van der Waals surface area contributed by atoms with Crippen molar-refractivity contribution < 1.29 is 27.8 Å². The molecule has 0 amide bonds. The first-order valence-electron chi connectivity index (χ1n) is 5.10. The molecular formula is C12H14F2O4. The molecule has 0 aliphatic carbocycles. The largest absolute Gasteiger partial charge is 0.465 e. The molecule has 0 aliphatic rings. The molecule has 6 heteroatoms. The van der Waals surface area contributed by atoms with Crippen molar-refractivity contribution in [2.24, 2.45) is 0 Å². The van der Waals surface area contributed by atoms with Crippen LogP contribution < -0.4 is 0 Å². The minimum atomic E-state index is -3.44. The van der Waals surface area contributed by atoms with Gasteiger partial charge in [0.05, 0.1) is 12.7 Å². The van der Waals surface area contributed by atoms with E-state index >= 15 is 0 Å². The van der Waals surface area contributed by atoms with Crippen molar-refractivity contribution in [1.29, 1.82) is 0 Å². The van der Waals surface area contributed by atoms with Gasteiger partial charge in [0, 0.05) is 14.2 Å². The number of methoxy groups -OCH3 is 3. The molecule has 0 saturated carbocycles. The summed E-state index contributed by atoms with van der Waals surface area (Å²) in [6.45, 7) is 0. The SMILES string of the molecule is COC(=O)c1ccc(C(OC)C(F)(F)OC)cc1. The van der Waals surface area contributed by atoms with Crippen LogP contribution in [0.1, 0.15) is 22.0 Å². The Kier molecular flexibility index (Phi) is 4.75. The van der Waals surface area contributed by atoms with Gasteiger partial charge in [-0.1, -0.05) is 12.1 Å². The predicted molar refractivity (Wildman–Crippen MR) is 59.5 cm³/mol. The summed E-state index contributed by atoms with van der Waals surface area (Å²) in [4.78, 5) is 11.2. The van der Waals surface area contributed by atoms with Gasteiger partial charge in [0.25, 0.3) is 0 Å². The van der Waals surface area contributed by atoms with Gasteiger partial charge in [-0.05, 0) is 17.7 Å². The maximum atomic E-state index is 13.4. The van der Waals surface area contributed by atoms with E-state index in [9.17, 15) is 13.6 Å². The number of esters is 1. The maximum absolute atomic E-state index is 13.4. The number of carbonyl (C=O) groups is 1. The van der Waals surface area contributed by atoms with Crippen LogP contribution in [-0.4, -0.2) is 33.4 Å². The zero-order chi connectivity index (χ0) is 13.8. The fourth-order valence-corrected chi connectivity index (χ4v) is 1.49. The summed E-state index contributed by atoms with van der Waals surface area (Å²) in [5.41, 5.74) is 0.480. The van der Waals surface area contributed by atoms with Gasteiger partial charge in [-0.25, -0.2) is 4.79 Å². The molecule has 0 heterocycles. The first kappa shape index (κ1) is 14.5. The van der Waals surface area contributed by atoms with Crippen LogP contribution in [0.4, 0.5) is 8.78 Å². The van der Waals surface area contributed by atoms with Crippen LogP contribution >= 0.6 is 0 Å². The van der Waals surface area contributed by atoms with Crippen molar-refractivity contribution in [1.82, 2.24) is 0 Å². The Labute approximate surface area is 103 Å². The molecule has 0 spiro atoms. The van der Waals surface area contributed by atoms with Crippen molar-refractivity contribution >= 4 is 5.97 Å². The van der Waals surface area contributed by atoms with Gasteiger partial charge < -0.3 is 14.2 Å². The number of benzene rings is 1. The fraction of sp³-hybridized carbons (Fsp3) is 0.417. The Hall–Kier alpha value is -1.53. The highest BCUT2D eigenvalue weighted by Gasteiger charge is 2.41. The molecule has 0 aromatic heterocycles. The lowest BCUT2D eigenvalue weighted by Gasteiger charge is -2.24. The van der Waals surface area contributed by atoms with E-state index in [2.05, 4.69) is 9.47 Å². The fourth-order valence-electron chi connectivity index (χ4n) is 1.49. The van der Waals surface area contributed by atoms with Crippen LogP contribution in [0, 0.1) is 0 Å². The minimum Gasteiger partial charge on any atom is -0.465 e. The van der Waals surface area contributed by atoms with E-state index in [1.807, 2.05) is 0 Å². The number of rotatable bonds is 5. The van der Waals surface area contributed by atoms with E-state index in [0.29, 0.717) is 0 Å². The summed E-state index contributed by atoms with van der Waals surface area (Å²) >= 11 is 0. The van der Waals surface area contributed by atoms with Crippen LogP contribution in [0.25, 0.3) is 0 Å². The van der Waals surface area contributed by atoms with Crippen molar-refractivity contribution in [2.45, 2.75) is 12.2 Å². The molecule has 1 rings (SSSR count). The van der Waals surface area contributed by atoms with Gasteiger partial charge in [0.15, 0.2) is 6.10 Å². The summed E-state index contributed by atoms with van der Waals surface area (Å²) in [5, 5.41) is 0. The van der Waals surface area contributed by atoms with E-state index in [-0.39, 0.29) is 11.1 Å². The molecular weight excluding hydrogens is 246 g/mol. The first-order valence-corrected chi connectivity index (χ1v) is 5.10. The summed E-state index contributed by atoms with van der Waals surface area (Å²) < 4.78 is 40.1. The number of hydrogen-bond donors (Lipinski definition) is 0. The number of carbonyl (C=O) groups excluding carboxylic acids is 1. The van der Waals surface area contributed by atoms with Crippen molar-refractivity contribution in [3.63, 3.8) is 0 Å². The third-order valence-electron chi connectivity index (χ3n) is 2.45. The lowest BCUT2D eigenvalue weighted by molar-refractivity contribution is -0.284. The van der Waals surface area contributed by atoms with Crippen LogP contribution in [0.2, 0.25) is 0 Å². The summed E-state index contributed by atoms with van der Waals surface area (Å²) in [6, 6.07) is 5.51. The van der Waals surface area contributed by atoms with Crippen LogP contribution in [0.3, 0.4) is 0 Å². The van der Waals surface area contributed by atoms with Crippen LogP contribution in [-0.2, 0) is 14.2 Å². The Morgan fingerprint density at radius 3 is 2.11 bits per heavy atom. The molecule has 18 heavy (non-hydrogen) atoms. The molecule has 0 bridgehead atoms. The summed E-state index contributed by atoms with van der Waals surface area (Å²) in [6.07, 6.45) is -4.98. The zero-order valence-corrected chi connectivity index (χ0v) is 10.3. The summed E-state index contributed by atoms with van der Waals surface area (Å²) in [5.74, 6) is -0.533. The second-order valence-electron chi connectivity index (χ2n) is 3.50. The topological polar surface area (TPSA) is 44.8 Å². The van der Waals surface area contributed by atoms with Crippen molar-refractivity contribution in [3.05, 3.63) is 35.4 Å². The standard InChI is InChI=1S/C12H14F2O4/c1-16-10(12(13,14)18-3)8-4-6-9(7-5-8)11(15)17-2/h4-7,10H,1-3H3. The molecule has 0 radical (unpaired) electrons. The van der Waals surface area contributed by atoms with Gasteiger partial charge in [0.1, 0.15) is 0 Å². The maximum Gasteiger partial charge on any atom is 0.385 e. The third kappa shape index (κ3) is 3.02. The number of alkyl halides is 2. The molecule has 4 nitrogen and oxygen atoms in total. The predicted octanol–water partition coefficient (Wildman–Crippen LogP) is 2.40. The van der Waals surface area contributed by atoms with E-state index in [0.717, 1.165) is 14.2 Å². The van der Waals surface area contributed by atoms with Gasteiger partial charge in [-0.2, -0.15) is 8.78 Å². The van der Waals surface area contributed by atoms with Gasteiger partial charge in [-0.15, -0.1) is 0 Å². The molecule has 1 atom stereocenters. The highest BCUT2D eigenvalue weighted by molar-refractivity contribution is 5.89. The molecule has 1 aromatic carbocycles. The van der Waals surface area contributed by atoms with E-state index in [1.54, 1.807) is 0 Å². The lowest BCUT2D eigenvalue weighted by Crippen LogP contribution is -2.29. The Bertz CT molecular complexity index is 403. The molecule has 0 saturated heterocycles. The quantitative estimate of drug-likeness (QED) is 0.762. The monoisotopic (exact) mass is 260 g/mol. The Morgan fingerprint density at radius 2 is 1.72 bits per heavy atom. The van der Waals surface area contributed by atoms with Gasteiger partial charge >= 0.3 is 12.1 Å². The van der Waals surface area contributed by atoms with Crippen LogP contribution in [0.5, 0.6) is 0 Å². The third-order valence-corrected chi connectivity index (χ3v) is 2.45. The van der Waals surface area contributed by atoms with Crippen molar-refractivity contribution in [3.8, 4) is 0 Å². The first-order chi connectivity index (χ1) is 8.46. The molecule has 100 valence electrons. The lowest BCUT2D eigenvalue weighted by atomic mass is 10.1. The molecule has 1 aromatic rings.